The summed E-state index contributed by atoms with van der Waals surface area (Å²) in [5, 5.41) is 3.43. The van der Waals surface area contributed by atoms with Crippen LogP contribution in [-0.4, -0.2) is 24.2 Å². The second-order valence-corrected chi connectivity index (χ2v) is 10.0. The lowest BCUT2D eigenvalue weighted by Crippen LogP contribution is -2.13. The van der Waals surface area contributed by atoms with Gasteiger partial charge in [0.25, 0.3) is 15.6 Å². The van der Waals surface area contributed by atoms with Gasteiger partial charge in [0, 0.05) is 27.6 Å². The third kappa shape index (κ3) is 2.51. The Hall–Kier alpha value is -4.30. The highest BCUT2D eigenvalue weighted by Crippen LogP contribution is 2.40. The average molecular weight is 468 g/mol. The normalized spacial score (nSPS) is 13.4. The molecule has 0 bridgehead atoms. The van der Waals surface area contributed by atoms with Crippen molar-refractivity contribution in [3.63, 3.8) is 0 Å². The molecule has 0 radical (unpaired) electrons. The summed E-state index contributed by atoms with van der Waals surface area (Å²) in [6, 6.07) is 22.8. The standard InChI is InChI=1S/C26H16N2O5S/c29-26-20-11-23-19(10-17(20)18-12-24-25(33-14-32-24)13-21(18)27-26)16-8-4-5-9-22(16)28(23)34(30,31)15-6-2-1-3-7-15/h1-13H,14H2,(H,27,29). The Morgan fingerprint density at radius 1 is 0.706 bits per heavy atom. The van der Waals surface area contributed by atoms with Crippen LogP contribution >= 0.6 is 0 Å². The summed E-state index contributed by atoms with van der Waals surface area (Å²) in [5.41, 5.74) is 1.32. The number of H-pyrrole nitrogens is 1. The molecule has 8 heteroatoms. The monoisotopic (exact) mass is 468 g/mol. The predicted molar refractivity (Wildman–Crippen MR) is 130 cm³/mol. The molecule has 166 valence electrons. The molecule has 2 aromatic heterocycles. The van der Waals surface area contributed by atoms with Crippen molar-refractivity contribution < 1.29 is 17.9 Å². The van der Waals surface area contributed by atoms with E-state index < -0.39 is 10.0 Å². The number of hydrogen-bond acceptors (Lipinski definition) is 5. The van der Waals surface area contributed by atoms with Gasteiger partial charge in [-0.05, 0) is 41.8 Å². The van der Waals surface area contributed by atoms with Crippen molar-refractivity contribution >= 4 is 53.5 Å². The van der Waals surface area contributed by atoms with E-state index in [1.165, 1.54) is 3.97 Å². The van der Waals surface area contributed by atoms with Crippen molar-refractivity contribution in [2.45, 2.75) is 4.90 Å². The number of para-hydroxylation sites is 1. The number of hydrogen-bond donors (Lipinski definition) is 1. The number of benzene rings is 4. The molecular formula is C26H16N2O5S. The minimum absolute atomic E-state index is 0.128. The topological polar surface area (TPSA) is 90.4 Å². The van der Waals surface area contributed by atoms with Crippen molar-refractivity contribution in [1.82, 2.24) is 8.96 Å². The first-order chi connectivity index (χ1) is 16.5. The summed E-state index contributed by atoms with van der Waals surface area (Å²) in [6.07, 6.45) is 0. The van der Waals surface area contributed by atoms with E-state index in [0.29, 0.717) is 38.8 Å². The number of aromatic amines is 1. The van der Waals surface area contributed by atoms with Crippen molar-refractivity contribution in [3.05, 3.63) is 89.2 Å². The van der Waals surface area contributed by atoms with Gasteiger partial charge in [0.1, 0.15) is 0 Å². The molecule has 6 aromatic rings. The molecule has 7 rings (SSSR count). The van der Waals surface area contributed by atoms with Crippen LogP contribution < -0.4 is 15.0 Å². The van der Waals surface area contributed by atoms with E-state index in [1.54, 1.807) is 54.6 Å². The molecule has 0 saturated heterocycles. The Bertz CT molecular complexity index is 1970. The first-order valence-corrected chi connectivity index (χ1v) is 12.1. The first-order valence-electron chi connectivity index (χ1n) is 10.7. The maximum atomic E-state index is 13.7. The Kier molecular flexibility index (Phi) is 3.73. The SMILES string of the molecule is O=c1[nH]c2cc3c(cc2c2cc4c5ccccc5n(S(=O)(=O)c5ccccc5)c4cc12)OCO3. The van der Waals surface area contributed by atoms with E-state index in [-0.39, 0.29) is 17.2 Å². The van der Waals surface area contributed by atoms with E-state index in [0.717, 1.165) is 16.2 Å². The number of fused-ring (bicyclic) bond motifs is 7. The predicted octanol–water partition coefficient (Wildman–Crippen LogP) is 4.75. The van der Waals surface area contributed by atoms with Gasteiger partial charge in [0.2, 0.25) is 6.79 Å². The molecule has 3 heterocycles. The summed E-state index contributed by atoms with van der Waals surface area (Å²) in [7, 11) is -3.91. The molecule has 0 unspecified atom stereocenters. The molecule has 0 saturated carbocycles. The maximum absolute atomic E-state index is 13.7. The molecule has 1 N–H and O–H groups in total. The molecular weight excluding hydrogens is 452 g/mol. The van der Waals surface area contributed by atoms with Gasteiger partial charge >= 0.3 is 0 Å². The molecule has 0 atom stereocenters. The Morgan fingerprint density at radius 3 is 2.26 bits per heavy atom. The average Bonchev–Trinajstić information content (AvgIpc) is 3.44. The van der Waals surface area contributed by atoms with Gasteiger partial charge < -0.3 is 14.5 Å². The molecule has 0 aliphatic carbocycles. The molecule has 34 heavy (non-hydrogen) atoms. The van der Waals surface area contributed by atoms with Crippen molar-refractivity contribution in [3.8, 4) is 11.5 Å². The number of pyridine rings is 1. The molecule has 4 aromatic carbocycles. The highest BCUT2D eigenvalue weighted by molar-refractivity contribution is 7.90. The van der Waals surface area contributed by atoms with Crippen LogP contribution in [0, 0.1) is 0 Å². The maximum Gasteiger partial charge on any atom is 0.268 e. The zero-order valence-corrected chi connectivity index (χ0v) is 18.4. The van der Waals surface area contributed by atoms with Gasteiger partial charge in [-0.25, -0.2) is 12.4 Å². The lowest BCUT2D eigenvalue weighted by atomic mass is 10.0. The van der Waals surface area contributed by atoms with Crippen LogP contribution in [0.5, 0.6) is 11.5 Å². The second-order valence-electron chi connectivity index (χ2n) is 8.22. The minimum Gasteiger partial charge on any atom is -0.454 e. The van der Waals surface area contributed by atoms with Crippen LogP contribution in [0.25, 0.3) is 43.5 Å². The van der Waals surface area contributed by atoms with Crippen molar-refractivity contribution in [1.29, 1.82) is 0 Å². The minimum atomic E-state index is -3.91. The number of nitrogens with zero attached hydrogens (tertiary/aromatic N) is 1. The molecule has 0 spiro atoms. The van der Waals surface area contributed by atoms with E-state index in [2.05, 4.69) is 4.98 Å². The first kappa shape index (κ1) is 19.2. The zero-order chi connectivity index (χ0) is 23.0. The van der Waals surface area contributed by atoms with Crippen LogP contribution in [-0.2, 0) is 10.0 Å². The van der Waals surface area contributed by atoms with Gasteiger partial charge in [-0.3, -0.25) is 4.79 Å². The van der Waals surface area contributed by atoms with Gasteiger partial charge in [-0.1, -0.05) is 36.4 Å². The van der Waals surface area contributed by atoms with E-state index in [4.69, 9.17) is 9.47 Å². The molecule has 1 aliphatic rings. The van der Waals surface area contributed by atoms with Crippen molar-refractivity contribution in [2.24, 2.45) is 0 Å². The van der Waals surface area contributed by atoms with Crippen LogP contribution in [0.1, 0.15) is 0 Å². The molecule has 1 aliphatic heterocycles. The number of rotatable bonds is 2. The Morgan fingerprint density at radius 2 is 1.44 bits per heavy atom. The number of nitrogens with one attached hydrogen (secondary N) is 1. The van der Waals surface area contributed by atoms with Crippen LogP contribution in [0.3, 0.4) is 0 Å². The molecule has 0 fully saturated rings. The fraction of sp³-hybridized carbons (Fsp3) is 0.0385. The van der Waals surface area contributed by atoms with E-state index in [9.17, 15) is 13.2 Å². The summed E-state index contributed by atoms with van der Waals surface area (Å²) in [5.74, 6) is 1.18. The lowest BCUT2D eigenvalue weighted by Gasteiger charge is -2.10. The lowest BCUT2D eigenvalue weighted by molar-refractivity contribution is 0.174. The smallest absolute Gasteiger partial charge is 0.268 e. The summed E-state index contributed by atoms with van der Waals surface area (Å²) in [4.78, 5) is 16.2. The number of aromatic nitrogens is 2. The highest BCUT2D eigenvalue weighted by atomic mass is 32.2. The van der Waals surface area contributed by atoms with Crippen LogP contribution in [0.4, 0.5) is 0 Å². The Labute approximate surface area is 192 Å². The van der Waals surface area contributed by atoms with Crippen LogP contribution in [0.15, 0.2) is 88.6 Å². The zero-order valence-electron chi connectivity index (χ0n) is 17.6. The summed E-state index contributed by atoms with van der Waals surface area (Å²) < 4.78 is 39.8. The number of ether oxygens (including phenoxy) is 2. The van der Waals surface area contributed by atoms with Gasteiger partial charge in [-0.2, -0.15) is 0 Å². The van der Waals surface area contributed by atoms with E-state index >= 15 is 0 Å². The molecule has 0 amide bonds. The Balaban J connectivity index is 1.66. The largest absolute Gasteiger partial charge is 0.454 e. The fourth-order valence-corrected chi connectivity index (χ4v) is 6.35. The second kappa shape index (κ2) is 6.61. The highest BCUT2D eigenvalue weighted by Gasteiger charge is 2.24. The fourth-order valence-electron chi connectivity index (χ4n) is 4.81. The summed E-state index contributed by atoms with van der Waals surface area (Å²) >= 11 is 0. The molecule has 7 nitrogen and oxygen atoms in total. The third-order valence-electron chi connectivity index (χ3n) is 6.34. The van der Waals surface area contributed by atoms with Gasteiger partial charge in [0.05, 0.1) is 21.4 Å². The summed E-state index contributed by atoms with van der Waals surface area (Å²) in [6.45, 7) is 0.128. The van der Waals surface area contributed by atoms with Crippen molar-refractivity contribution in [2.75, 3.05) is 6.79 Å². The quantitative estimate of drug-likeness (QED) is 0.370. The van der Waals surface area contributed by atoms with Gasteiger partial charge in [0.15, 0.2) is 11.5 Å². The van der Waals surface area contributed by atoms with E-state index in [1.807, 2.05) is 24.3 Å². The van der Waals surface area contributed by atoms with Gasteiger partial charge in [-0.15, -0.1) is 0 Å². The van der Waals surface area contributed by atoms with Crippen LogP contribution in [0.2, 0.25) is 0 Å². The third-order valence-corrected chi connectivity index (χ3v) is 8.09.